The highest BCUT2D eigenvalue weighted by Gasteiger charge is 2.16. The molecule has 0 unspecified atom stereocenters. The fraction of sp³-hybridized carbons (Fsp3) is 0.273. The first-order valence-electron chi connectivity index (χ1n) is 9.67. The zero-order chi connectivity index (χ0) is 22.4. The first-order valence-corrected chi connectivity index (χ1v) is 10.4. The second-order valence-electron chi connectivity index (χ2n) is 7.82. The molecule has 2 aromatic heterocycles. The van der Waals surface area contributed by atoms with Crippen molar-refractivity contribution >= 4 is 46.5 Å². The zero-order valence-electron chi connectivity index (χ0n) is 17.4. The van der Waals surface area contributed by atoms with Crippen LogP contribution in [0.3, 0.4) is 0 Å². The van der Waals surface area contributed by atoms with Gasteiger partial charge in [0.1, 0.15) is 10.6 Å². The van der Waals surface area contributed by atoms with Gasteiger partial charge in [-0.15, -0.1) is 0 Å². The molecule has 0 saturated heterocycles. The predicted octanol–water partition coefficient (Wildman–Crippen LogP) is 6.05. The van der Waals surface area contributed by atoms with E-state index in [-0.39, 0.29) is 5.28 Å². The lowest BCUT2D eigenvalue weighted by molar-refractivity contribution is 0.0636. The first kappa shape index (κ1) is 22.8. The monoisotopic (exact) mass is 459 g/mol. The van der Waals surface area contributed by atoms with Crippen molar-refractivity contribution < 1.29 is 9.53 Å². The van der Waals surface area contributed by atoms with Crippen molar-refractivity contribution in [1.82, 2.24) is 15.0 Å². The average Bonchev–Trinajstić information content (AvgIpc) is 2.68. The van der Waals surface area contributed by atoms with Crippen molar-refractivity contribution in [2.45, 2.75) is 39.2 Å². The lowest BCUT2D eigenvalue weighted by Crippen LogP contribution is -2.27. The number of aromatic nitrogens is 3. The molecule has 1 aromatic carbocycles. The Morgan fingerprint density at radius 2 is 1.87 bits per heavy atom. The van der Waals surface area contributed by atoms with Gasteiger partial charge in [-0.1, -0.05) is 23.7 Å². The first-order chi connectivity index (χ1) is 14.7. The molecule has 0 fully saturated rings. The number of pyridine rings is 1. The van der Waals surface area contributed by atoms with Crippen LogP contribution in [-0.2, 0) is 17.6 Å². The van der Waals surface area contributed by atoms with Crippen molar-refractivity contribution in [3.63, 3.8) is 0 Å². The van der Waals surface area contributed by atoms with Gasteiger partial charge in [-0.3, -0.25) is 10.3 Å². The highest BCUT2D eigenvalue weighted by atomic mass is 35.5. The van der Waals surface area contributed by atoms with E-state index >= 15 is 0 Å². The lowest BCUT2D eigenvalue weighted by Gasteiger charge is -2.19. The molecule has 9 heteroatoms. The van der Waals surface area contributed by atoms with Crippen LogP contribution in [0.5, 0.6) is 0 Å². The molecule has 0 aliphatic rings. The van der Waals surface area contributed by atoms with Crippen LogP contribution in [0.1, 0.15) is 32.0 Å². The molecule has 0 radical (unpaired) electrons. The van der Waals surface area contributed by atoms with Crippen LogP contribution >= 0.6 is 23.2 Å². The van der Waals surface area contributed by atoms with E-state index in [9.17, 15) is 4.79 Å². The predicted molar refractivity (Wildman–Crippen MR) is 123 cm³/mol. The molecule has 1 amide bonds. The van der Waals surface area contributed by atoms with Crippen LogP contribution in [-0.4, -0.2) is 26.6 Å². The van der Waals surface area contributed by atoms with Crippen LogP contribution in [0.25, 0.3) is 0 Å². The summed E-state index contributed by atoms with van der Waals surface area (Å²) in [5.41, 5.74) is 2.89. The molecule has 3 rings (SSSR count). The Labute approximate surface area is 191 Å². The number of nitrogens with zero attached hydrogens (tertiary/aromatic N) is 3. The summed E-state index contributed by atoms with van der Waals surface area (Å²) in [6, 6.07) is 11.5. The lowest BCUT2D eigenvalue weighted by atomic mass is 10.1. The van der Waals surface area contributed by atoms with Crippen molar-refractivity contribution in [1.29, 1.82) is 0 Å². The smallest absolute Gasteiger partial charge is 0.412 e. The molecule has 0 spiro atoms. The molecule has 7 nitrogen and oxygen atoms in total. The molecule has 0 saturated carbocycles. The molecule has 0 atom stereocenters. The number of ether oxygens (including phenoxy) is 1. The maximum Gasteiger partial charge on any atom is 0.412 e. The van der Waals surface area contributed by atoms with Crippen molar-refractivity contribution in [3.05, 3.63) is 70.4 Å². The van der Waals surface area contributed by atoms with Gasteiger partial charge < -0.3 is 10.1 Å². The molecule has 2 heterocycles. The topological polar surface area (TPSA) is 89.0 Å². The molecule has 162 valence electrons. The van der Waals surface area contributed by atoms with E-state index in [0.717, 1.165) is 23.4 Å². The number of hydrogen-bond donors (Lipinski definition) is 2. The van der Waals surface area contributed by atoms with Gasteiger partial charge in [0.2, 0.25) is 5.28 Å². The summed E-state index contributed by atoms with van der Waals surface area (Å²) in [5.74, 6) is 0.446. The van der Waals surface area contributed by atoms with Gasteiger partial charge in [-0.2, -0.15) is 4.98 Å². The summed E-state index contributed by atoms with van der Waals surface area (Å²) in [7, 11) is 0. The number of carbonyl (C=O) groups excluding carboxylic acids is 1. The SMILES string of the molecule is CC(C)(C)OC(=O)Nc1ccnc(CCc2cccc(Nc3nc(Cl)ncc3Cl)c2)c1. The fourth-order valence-corrected chi connectivity index (χ4v) is 3.03. The minimum atomic E-state index is -0.555. The van der Waals surface area contributed by atoms with Crippen LogP contribution < -0.4 is 10.6 Å². The van der Waals surface area contributed by atoms with E-state index in [2.05, 4.69) is 25.6 Å². The van der Waals surface area contributed by atoms with Gasteiger partial charge in [-0.05, 0) is 75.0 Å². The molecule has 2 N–H and O–H groups in total. The second kappa shape index (κ2) is 9.94. The third-order valence-corrected chi connectivity index (χ3v) is 4.49. The van der Waals surface area contributed by atoms with Crippen LogP contribution in [0.15, 0.2) is 48.8 Å². The van der Waals surface area contributed by atoms with Gasteiger partial charge in [0, 0.05) is 23.3 Å². The van der Waals surface area contributed by atoms with Crippen molar-refractivity contribution in [2.24, 2.45) is 0 Å². The third kappa shape index (κ3) is 7.38. The maximum absolute atomic E-state index is 12.0. The van der Waals surface area contributed by atoms with Crippen LogP contribution in [0, 0.1) is 0 Å². The Morgan fingerprint density at radius 3 is 2.65 bits per heavy atom. The molecule has 0 bridgehead atoms. The molecule has 0 aliphatic carbocycles. The quantitative estimate of drug-likeness (QED) is 0.435. The molecule has 0 aliphatic heterocycles. The number of benzene rings is 1. The van der Waals surface area contributed by atoms with Crippen LogP contribution in [0.2, 0.25) is 10.3 Å². The van der Waals surface area contributed by atoms with Crippen molar-refractivity contribution in [2.75, 3.05) is 10.6 Å². The summed E-state index contributed by atoms with van der Waals surface area (Å²) in [6.07, 6.45) is 4.09. The summed E-state index contributed by atoms with van der Waals surface area (Å²) < 4.78 is 5.28. The van der Waals surface area contributed by atoms with E-state index in [1.807, 2.05) is 51.1 Å². The van der Waals surface area contributed by atoms with Crippen molar-refractivity contribution in [3.8, 4) is 0 Å². The standard InChI is InChI=1S/C22H23Cl2N5O2/c1-22(2,3)31-21(30)28-17-9-10-25-15(12-17)8-7-14-5-4-6-16(11-14)27-19-18(23)13-26-20(24)29-19/h4-6,9-13H,7-8H2,1-3H3,(H,25,28,30)(H,26,27,29). The maximum atomic E-state index is 12.0. The minimum Gasteiger partial charge on any atom is -0.444 e. The Bertz CT molecular complexity index is 1070. The highest BCUT2D eigenvalue weighted by Crippen LogP contribution is 2.24. The van der Waals surface area contributed by atoms with Crippen LogP contribution in [0.4, 0.5) is 22.0 Å². The van der Waals surface area contributed by atoms with E-state index in [0.29, 0.717) is 22.9 Å². The number of rotatable bonds is 6. The van der Waals surface area contributed by atoms with E-state index < -0.39 is 11.7 Å². The number of aryl methyl sites for hydroxylation is 2. The van der Waals surface area contributed by atoms with E-state index in [4.69, 9.17) is 27.9 Å². The van der Waals surface area contributed by atoms with E-state index in [1.165, 1.54) is 6.20 Å². The summed E-state index contributed by atoms with van der Waals surface area (Å²) in [4.78, 5) is 24.3. The Morgan fingerprint density at radius 1 is 1.06 bits per heavy atom. The average molecular weight is 460 g/mol. The Kier molecular flexibility index (Phi) is 7.30. The Balaban J connectivity index is 1.62. The van der Waals surface area contributed by atoms with Gasteiger partial charge >= 0.3 is 6.09 Å². The summed E-state index contributed by atoms with van der Waals surface area (Å²) in [6.45, 7) is 5.46. The van der Waals surface area contributed by atoms with E-state index in [1.54, 1.807) is 12.3 Å². The molecular weight excluding hydrogens is 437 g/mol. The largest absolute Gasteiger partial charge is 0.444 e. The number of hydrogen-bond acceptors (Lipinski definition) is 6. The van der Waals surface area contributed by atoms with Gasteiger partial charge in [0.25, 0.3) is 0 Å². The summed E-state index contributed by atoms with van der Waals surface area (Å²) in [5, 5.41) is 6.40. The Hall–Kier alpha value is -2.90. The minimum absolute atomic E-state index is 0.119. The number of halogens is 2. The van der Waals surface area contributed by atoms with Gasteiger partial charge in [0.05, 0.1) is 6.20 Å². The molecular formula is C22H23Cl2N5O2. The number of nitrogens with one attached hydrogen (secondary N) is 2. The number of amides is 1. The van der Waals surface area contributed by atoms with Gasteiger partial charge in [-0.25, -0.2) is 9.78 Å². The molecule has 31 heavy (non-hydrogen) atoms. The second-order valence-corrected chi connectivity index (χ2v) is 8.57. The van der Waals surface area contributed by atoms with Gasteiger partial charge in [0.15, 0.2) is 5.82 Å². The molecule has 3 aromatic rings. The third-order valence-electron chi connectivity index (χ3n) is 4.04. The fourth-order valence-electron chi connectivity index (χ4n) is 2.76. The normalized spacial score (nSPS) is 11.1. The number of anilines is 3. The highest BCUT2D eigenvalue weighted by molar-refractivity contribution is 6.33. The summed E-state index contributed by atoms with van der Waals surface area (Å²) >= 11 is 12.0. The zero-order valence-corrected chi connectivity index (χ0v) is 19.0. The number of carbonyl (C=O) groups is 1.